The molecule has 2 aromatic rings. The molecule has 0 aliphatic rings. The Bertz CT molecular complexity index is 658. The van der Waals surface area contributed by atoms with Crippen LogP contribution in [0.2, 0.25) is 0 Å². The fraction of sp³-hybridized carbons (Fsp3) is 0.385. The highest BCUT2D eigenvalue weighted by molar-refractivity contribution is 7.99. The number of aromatic nitrogens is 4. The van der Waals surface area contributed by atoms with E-state index in [1.807, 2.05) is 34.7 Å². The summed E-state index contributed by atoms with van der Waals surface area (Å²) in [5, 5.41) is 14.9. The first-order valence-electron chi connectivity index (χ1n) is 5.87. The highest BCUT2D eigenvalue weighted by Crippen LogP contribution is 2.29. The SMILES string of the molecule is Cc1nc(Sc2c(C#N)c(C)nn2C)nc(C)c1C. The van der Waals surface area contributed by atoms with Crippen molar-refractivity contribution >= 4 is 11.8 Å². The van der Waals surface area contributed by atoms with Crippen molar-refractivity contribution in [3.8, 4) is 6.07 Å². The molecule has 98 valence electrons. The molecule has 19 heavy (non-hydrogen) atoms. The summed E-state index contributed by atoms with van der Waals surface area (Å²) in [6, 6.07) is 2.19. The summed E-state index contributed by atoms with van der Waals surface area (Å²) in [6.45, 7) is 7.77. The quantitative estimate of drug-likeness (QED) is 0.786. The van der Waals surface area contributed by atoms with Gasteiger partial charge in [-0.15, -0.1) is 0 Å². The maximum absolute atomic E-state index is 9.19. The van der Waals surface area contributed by atoms with Crippen molar-refractivity contribution in [3.05, 3.63) is 28.2 Å². The van der Waals surface area contributed by atoms with E-state index in [0.717, 1.165) is 27.7 Å². The Kier molecular flexibility index (Phi) is 3.58. The van der Waals surface area contributed by atoms with E-state index in [1.165, 1.54) is 11.8 Å². The normalized spacial score (nSPS) is 10.5. The number of nitrogens with zero attached hydrogens (tertiary/aromatic N) is 5. The number of hydrogen-bond donors (Lipinski definition) is 0. The number of rotatable bonds is 2. The van der Waals surface area contributed by atoms with E-state index in [2.05, 4.69) is 21.1 Å². The Labute approximate surface area is 116 Å². The van der Waals surface area contributed by atoms with Crippen molar-refractivity contribution < 1.29 is 0 Å². The van der Waals surface area contributed by atoms with Crippen molar-refractivity contribution in [3.63, 3.8) is 0 Å². The van der Waals surface area contributed by atoms with E-state index in [-0.39, 0.29) is 0 Å². The summed E-state index contributed by atoms with van der Waals surface area (Å²) in [4.78, 5) is 8.91. The number of aryl methyl sites for hydroxylation is 4. The third-order valence-electron chi connectivity index (χ3n) is 3.08. The molecule has 0 spiro atoms. The van der Waals surface area contributed by atoms with Crippen LogP contribution in [0.15, 0.2) is 10.2 Å². The predicted molar refractivity (Wildman–Crippen MR) is 73.0 cm³/mol. The van der Waals surface area contributed by atoms with Crippen molar-refractivity contribution in [1.82, 2.24) is 19.7 Å². The van der Waals surface area contributed by atoms with Gasteiger partial charge < -0.3 is 0 Å². The van der Waals surface area contributed by atoms with Crippen LogP contribution in [0.25, 0.3) is 0 Å². The molecule has 0 unspecified atom stereocenters. The summed E-state index contributed by atoms with van der Waals surface area (Å²) < 4.78 is 1.70. The Morgan fingerprint density at radius 1 is 1.05 bits per heavy atom. The average molecular weight is 273 g/mol. The Morgan fingerprint density at radius 2 is 1.63 bits per heavy atom. The van der Waals surface area contributed by atoms with Gasteiger partial charge >= 0.3 is 0 Å². The van der Waals surface area contributed by atoms with Gasteiger partial charge in [-0.05, 0) is 45.0 Å². The van der Waals surface area contributed by atoms with E-state index >= 15 is 0 Å². The first-order valence-corrected chi connectivity index (χ1v) is 6.69. The van der Waals surface area contributed by atoms with Gasteiger partial charge in [-0.25, -0.2) is 9.97 Å². The first kappa shape index (κ1) is 13.6. The second-order valence-electron chi connectivity index (χ2n) is 4.41. The zero-order valence-corrected chi connectivity index (χ0v) is 12.5. The van der Waals surface area contributed by atoms with Gasteiger partial charge in [0.1, 0.15) is 16.7 Å². The predicted octanol–water partition coefficient (Wildman–Crippen LogP) is 2.47. The van der Waals surface area contributed by atoms with E-state index in [0.29, 0.717) is 10.7 Å². The van der Waals surface area contributed by atoms with Crippen LogP contribution in [0.1, 0.15) is 28.2 Å². The van der Waals surface area contributed by atoms with Crippen LogP contribution < -0.4 is 0 Å². The lowest BCUT2D eigenvalue weighted by Crippen LogP contribution is -2.00. The van der Waals surface area contributed by atoms with Crippen molar-refractivity contribution in [2.24, 2.45) is 7.05 Å². The molecule has 0 fully saturated rings. The highest BCUT2D eigenvalue weighted by atomic mass is 32.2. The lowest BCUT2D eigenvalue weighted by molar-refractivity contribution is 0.690. The second-order valence-corrected chi connectivity index (χ2v) is 5.36. The summed E-state index contributed by atoms with van der Waals surface area (Å²) in [7, 11) is 1.82. The molecule has 2 aromatic heterocycles. The third kappa shape index (κ3) is 2.47. The molecule has 5 nitrogen and oxygen atoms in total. The van der Waals surface area contributed by atoms with Crippen LogP contribution in [-0.2, 0) is 7.05 Å². The smallest absolute Gasteiger partial charge is 0.194 e. The van der Waals surface area contributed by atoms with Crippen molar-refractivity contribution in [2.75, 3.05) is 0 Å². The van der Waals surface area contributed by atoms with E-state index in [1.54, 1.807) is 4.68 Å². The van der Waals surface area contributed by atoms with Crippen LogP contribution in [-0.4, -0.2) is 19.7 Å². The standard InChI is InChI=1S/C13H15N5S/c1-7-8(2)15-13(16-9(7)3)19-12-11(6-14)10(4)17-18(12)5/h1-5H3. The summed E-state index contributed by atoms with van der Waals surface area (Å²) in [5.74, 6) is 0. The molecular formula is C13H15N5S. The minimum atomic E-state index is 0.590. The molecule has 0 saturated heterocycles. The van der Waals surface area contributed by atoms with Gasteiger partial charge in [0, 0.05) is 18.4 Å². The van der Waals surface area contributed by atoms with Crippen LogP contribution in [0.3, 0.4) is 0 Å². The molecule has 0 radical (unpaired) electrons. The van der Waals surface area contributed by atoms with Gasteiger partial charge in [0.2, 0.25) is 0 Å². The summed E-state index contributed by atoms with van der Waals surface area (Å²) >= 11 is 1.38. The Balaban J connectivity index is 2.45. The molecule has 0 bridgehead atoms. The van der Waals surface area contributed by atoms with Crippen LogP contribution >= 0.6 is 11.8 Å². The molecule has 0 N–H and O–H groups in total. The molecule has 2 heterocycles. The second kappa shape index (κ2) is 5.02. The van der Waals surface area contributed by atoms with Crippen molar-refractivity contribution in [1.29, 1.82) is 5.26 Å². The molecule has 2 rings (SSSR count). The zero-order chi connectivity index (χ0) is 14.2. The molecule has 0 aromatic carbocycles. The summed E-state index contributed by atoms with van der Waals surface area (Å²) in [6.07, 6.45) is 0. The highest BCUT2D eigenvalue weighted by Gasteiger charge is 2.16. The minimum Gasteiger partial charge on any atom is -0.260 e. The van der Waals surface area contributed by atoms with Gasteiger partial charge in [-0.3, -0.25) is 4.68 Å². The van der Waals surface area contributed by atoms with E-state index in [9.17, 15) is 5.26 Å². The Hall–Kier alpha value is -1.87. The number of hydrogen-bond acceptors (Lipinski definition) is 5. The van der Waals surface area contributed by atoms with Gasteiger partial charge in [0.25, 0.3) is 0 Å². The largest absolute Gasteiger partial charge is 0.260 e. The fourth-order valence-corrected chi connectivity index (χ4v) is 2.76. The van der Waals surface area contributed by atoms with Crippen LogP contribution in [0.5, 0.6) is 0 Å². The van der Waals surface area contributed by atoms with Crippen molar-refractivity contribution in [2.45, 2.75) is 37.9 Å². The molecule has 6 heteroatoms. The summed E-state index contributed by atoms with van der Waals surface area (Å²) in [5.41, 5.74) is 4.35. The zero-order valence-electron chi connectivity index (χ0n) is 11.6. The fourth-order valence-electron chi connectivity index (χ4n) is 1.76. The third-order valence-corrected chi connectivity index (χ3v) is 4.11. The molecule has 0 saturated carbocycles. The van der Waals surface area contributed by atoms with Crippen LogP contribution in [0, 0.1) is 39.0 Å². The molecule has 0 aliphatic carbocycles. The molecule has 0 aliphatic heterocycles. The molecular weight excluding hydrogens is 258 g/mol. The first-order chi connectivity index (χ1) is 8.93. The minimum absolute atomic E-state index is 0.590. The lowest BCUT2D eigenvalue weighted by atomic mass is 10.2. The monoisotopic (exact) mass is 273 g/mol. The number of nitriles is 1. The van der Waals surface area contributed by atoms with Gasteiger partial charge in [0.05, 0.1) is 5.69 Å². The average Bonchev–Trinajstić information content (AvgIpc) is 2.60. The van der Waals surface area contributed by atoms with Gasteiger partial charge in [0.15, 0.2) is 5.16 Å². The van der Waals surface area contributed by atoms with Gasteiger partial charge in [-0.2, -0.15) is 10.4 Å². The van der Waals surface area contributed by atoms with Gasteiger partial charge in [-0.1, -0.05) is 0 Å². The Morgan fingerprint density at radius 3 is 2.16 bits per heavy atom. The van der Waals surface area contributed by atoms with E-state index in [4.69, 9.17) is 0 Å². The topological polar surface area (TPSA) is 67.4 Å². The van der Waals surface area contributed by atoms with Crippen LogP contribution in [0.4, 0.5) is 0 Å². The maximum atomic E-state index is 9.19. The molecule has 0 amide bonds. The maximum Gasteiger partial charge on any atom is 0.194 e. The lowest BCUT2D eigenvalue weighted by Gasteiger charge is -2.07. The van der Waals surface area contributed by atoms with E-state index < -0.39 is 0 Å². The molecule has 0 atom stereocenters.